The third-order valence-electron chi connectivity index (χ3n) is 0.375. The summed E-state index contributed by atoms with van der Waals surface area (Å²) in [4.78, 5) is 0. The van der Waals surface area contributed by atoms with Crippen LogP contribution in [0.3, 0.4) is 0 Å². The lowest BCUT2D eigenvalue weighted by molar-refractivity contribution is 1.32. The molecule has 0 saturated carbocycles. The van der Waals surface area contributed by atoms with Gasteiger partial charge in [0.25, 0.3) is 0 Å². The molecule has 0 aliphatic rings. The number of hydrogen-bond donors (Lipinski definition) is 0. The van der Waals surface area contributed by atoms with E-state index >= 15 is 0 Å². The zero-order chi connectivity index (χ0) is 4.99. The van der Waals surface area contributed by atoms with Crippen LogP contribution in [-0.2, 0) is 0 Å². The van der Waals surface area contributed by atoms with E-state index in [9.17, 15) is 0 Å². The van der Waals surface area contributed by atoms with Crippen molar-refractivity contribution in [3.63, 3.8) is 0 Å². The van der Waals surface area contributed by atoms with Gasteiger partial charge in [0, 0.05) is 13.8 Å². The first-order valence-corrected chi connectivity index (χ1v) is 1.81. The molecule has 0 rings (SSSR count). The van der Waals surface area contributed by atoms with Crippen LogP contribution in [0.2, 0.25) is 0 Å². The highest BCUT2D eigenvalue weighted by Crippen LogP contribution is 1.85. The second kappa shape index (κ2) is 2.70. The zero-order valence-electron chi connectivity index (χ0n) is 3.83. The highest BCUT2D eigenvalue weighted by atomic mass is 13.7. The second-order valence-electron chi connectivity index (χ2n) is 1.03. The van der Waals surface area contributed by atoms with Crippen LogP contribution in [0.15, 0.2) is 5.57 Å². The van der Waals surface area contributed by atoms with E-state index in [1.54, 1.807) is 0 Å². The molecule has 0 atom stereocenters. The van der Waals surface area contributed by atoms with E-state index in [1.807, 2.05) is 0 Å². The fourth-order valence-electron chi connectivity index (χ4n) is 0.177. The lowest BCUT2D eigenvalue weighted by Crippen LogP contribution is -1.61. The molecule has 0 aliphatic carbocycles. The third kappa shape index (κ3) is 3.48. The average Bonchev–Trinajstić information content (AvgIpc) is 1.35. The maximum atomic E-state index is 3.51. The number of rotatable bonds is 1. The maximum absolute atomic E-state index is 3.51. The second-order valence-corrected chi connectivity index (χ2v) is 1.03. The molecule has 0 bridgehead atoms. The first kappa shape index (κ1) is 5.48. The van der Waals surface area contributed by atoms with Gasteiger partial charge in [-0.15, -0.1) is 0 Å². The molecule has 0 heterocycles. The molecular weight excluding hydrogens is 72.1 g/mol. The minimum Gasteiger partial charge on any atom is -0.325 e. The first-order chi connectivity index (χ1) is 2.77. The highest BCUT2D eigenvalue weighted by Gasteiger charge is 1.78. The maximum Gasteiger partial charge on any atom is 0.133 e. The molecule has 0 fully saturated rings. The standard InChI is InChI=1S/C6H8/c1-4-5-6(2)3/h1-4H2. The fourth-order valence-corrected chi connectivity index (χ4v) is 0.177. The summed E-state index contributed by atoms with van der Waals surface area (Å²) < 4.78 is 0. The van der Waals surface area contributed by atoms with Crippen molar-refractivity contribution in [1.29, 1.82) is 0 Å². The fraction of sp³-hybridized carbons (Fsp3) is 0.167. The lowest BCUT2D eigenvalue weighted by atomic mass is 10.3. The van der Waals surface area contributed by atoms with Gasteiger partial charge in [-0.3, -0.25) is 0 Å². The molecule has 6 heavy (non-hydrogen) atoms. The van der Waals surface area contributed by atoms with Gasteiger partial charge < -0.3 is 6.92 Å². The smallest absolute Gasteiger partial charge is 0.133 e. The van der Waals surface area contributed by atoms with Crippen LogP contribution >= 0.6 is 0 Å². The molecule has 0 aromatic carbocycles. The van der Waals surface area contributed by atoms with E-state index in [1.165, 1.54) is 0 Å². The summed E-state index contributed by atoms with van der Waals surface area (Å²) in [6.45, 7) is 10.5. The van der Waals surface area contributed by atoms with Crippen molar-refractivity contribution < 1.29 is 0 Å². The third-order valence-corrected chi connectivity index (χ3v) is 0.375. The Balaban J connectivity index is 3.14. The lowest BCUT2D eigenvalue weighted by Gasteiger charge is -1.72. The minimum atomic E-state index is 0.669. The van der Waals surface area contributed by atoms with Crippen LogP contribution in [0.1, 0.15) is 6.42 Å². The van der Waals surface area contributed by atoms with Gasteiger partial charge in [0.2, 0.25) is 0 Å². The summed E-state index contributed by atoms with van der Waals surface area (Å²) in [7, 11) is 0. The van der Waals surface area contributed by atoms with Crippen LogP contribution in [0, 0.1) is 26.8 Å². The van der Waals surface area contributed by atoms with Crippen LogP contribution < -0.4 is 0 Å². The topological polar surface area (TPSA) is 0 Å². The predicted octanol–water partition coefficient (Wildman–Crippen LogP) is 1.61. The Morgan fingerprint density at radius 1 is 1.67 bits per heavy atom. The van der Waals surface area contributed by atoms with E-state index < -0.39 is 0 Å². The Morgan fingerprint density at radius 2 is 2.17 bits per heavy atom. The summed E-state index contributed by atoms with van der Waals surface area (Å²) in [6, 6.07) is 0. The largest absolute Gasteiger partial charge is 0.325 e. The quantitative estimate of drug-likeness (QED) is 0.420. The molecule has 0 heteroatoms. The van der Waals surface area contributed by atoms with E-state index in [2.05, 4.69) is 26.8 Å². The molecule has 0 aromatic rings. The first-order valence-electron chi connectivity index (χ1n) is 1.81. The Labute approximate surface area is 39.9 Å². The minimum absolute atomic E-state index is 0.669. The predicted molar refractivity (Wildman–Crippen MR) is 27.4 cm³/mol. The van der Waals surface area contributed by atoms with Gasteiger partial charge in [0.1, 0.15) is 5.57 Å². The van der Waals surface area contributed by atoms with E-state index in [0.717, 1.165) is 5.57 Å². The molecule has 0 radical (unpaired) electrons. The summed E-state index contributed by atoms with van der Waals surface area (Å²) in [5.74, 6) is 0. The SMILES string of the molecule is [CH2+]C([CH2+])=[C-]C[CH2-]. The van der Waals surface area contributed by atoms with E-state index in [-0.39, 0.29) is 0 Å². The van der Waals surface area contributed by atoms with Crippen molar-refractivity contribution in [2.45, 2.75) is 6.42 Å². The van der Waals surface area contributed by atoms with Crippen LogP contribution in [0.4, 0.5) is 0 Å². The van der Waals surface area contributed by atoms with Crippen LogP contribution in [0.25, 0.3) is 0 Å². The van der Waals surface area contributed by atoms with Crippen molar-refractivity contribution in [2.24, 2.45) is 0 Å². The Morgan fingerprint density at radius 3 is 2.17 bits per heavy atom. The monoisotopic (exact) mass is 80.1 g/mol. The summed E-state index contributed by atoms with van der Waals surface area (Å²) in [5.41, 5.74) is 0.727. The van der Waals surface area contributed by atoms with Gasteiger partial charge in [-0.25, -0.2) is 0 Å². The summed E-state index contributed by atoms with van der Waals surface area (Å²) in [5, 5.41) is 0. The highest BCUT2D eigenvalue weighted by molar-refractivity contribution is 5.03. The molecule has 0 saturated heterocycles. The van der Waals surface area contributed by atoms with Gasteiger partial charge in [-0.05, 0) is 0 Å². The van der Waals surface area contributed by atoms with Crippen LogP contribution in [-0.4, -0.2) is 0 Å². The molecular formula is C6H8. The van der Waals surface area contributed by atoms with Gasteiger partial charge in [-0.1, -0.05) is 6.42 Å². The van der Waals surface area contributed by atoms with E-state index in [4.69, 9.17) is 0 Å². The van der Waals surface area contributed by atoms with E-state index in [0.29, 0.717) is 6.42 Å². The summed E-state index contributed by atoms with van der Waals surface area (Å²) >= 11 is 0. The zero-order valence-corrected chi connectivity index (χ0v) is 3.83. The van der Waals surface area contributed by atoms with Crippen LogP contribution in [0.5, 0.6) is 0 Å². The van der Waals surface area contributed by atoms with Crippen molar-refractivity contribution in [3.8, 4) is 0 Å². The van der Waals surface area contributed by atoms with Crippen molar-refractivity contribution >= 4 is 0 Å². The Bertz CT molecular complexity index is 47.1. The van der Waals surface area contributed by atoms with Crippen molar-refractivity contribution in [2.75, 3.05) is 0 Å². The Hall–Kier alpha value is -0.520. The van der Waals surface area contributed by atoms with Crippen molar-refractivity contribution in [1.82, 2.24) is 0 Å². The number of allylic oxidation sites excluding steroid dienone is 2. The van der Waals surface area contributed by atoms with Gasteiger partial charge in [0.15, 0.2) is 0 Å². The molecule has 32 valence electrons. The van der Waals surface area contributed by atoms with Gasteiger partial charge >= 0.3 is 0 Å². The molecule has 0 amide bonds. The molecule has 0 spiro atoms. The average molecular weight is 80.1 g/mol. The molecule has 0 N–H and O–H groups in total. The molecule has 0 aliphatic heterocycles. The van der Waals surface area contributed by atoms with Gasteiger partial charge in [-0.2, -0.15) is 0 Å². The summed E-state index contributed by atoms with van der Waals surface area (Å²) in [6.07, 6.45) is 3.46. The normalized spacial score (nSPS) is 7.50. The molecule has 0 nitrogen and oxygen atoms in total. The molecule has 0 aromatic heterocycles. The van der Waals surface area contributed by atoms with Gasteiger partial charge in [0.05, 0.1) is 6.08 Å². The molecule has 0 unspecified atom stereocenters. The van der Waals surface area contributed by atoms with Crippen molar-refractivity contribution in [3.05, 3.63) is 32.4 Å². The Kier molecular flexibility index (Phi) is 2.47. The number of hydrogen-bond acceptors (Lipinski definition) is 0.